The third-order valence-corrected chi connectivity index (χ3v) is 21.7. The maximum atomic E-state index is 12.2. The number of nitrogens with zero attached hydrogens (tertiary/aromatic N) is 1. The number of allylic oxidation sites excluding steroid dienone is 2. The van der Waals surface area contributed by atoms with Gasteiger partial charge in [0.15, 0.2) is 5.78 Å². The third-order valence-electron chi connectivity index (χ3n) is 12.8. The van der Waals surface area contributed by atoms with Crippen molar-refractivity contribution >= 4 is 50.6 Å². The number of aliphatic hydroxyl groups is 1. The van der Waals surface area contributed by atoms with Crippen molar-refractivity contribution in [1.29, 1.82) is 0 Å². The van der Waals surface area contributed by atoms with Gasteiger partial charge in [0.2, 0.25) is 0 Å². The van der Waals surface area contributed by atoms with Crippen molar-refractivity contribution in [3.8, 4) is 11.3 Å². The first-order valence-corrected chi connectivity index (χ1v) is 25.1. The van der Waals surface area contributed by atoms with Crippen LogP contribution in [0.5, 0.6) is 0 Å². The summed E-state index contributed by atoms with van der Waals surface area (Å²) in [5.74, 6) is 3.00. The fourth-order valence-corrected chi connectivity index (χ4v) is 18.5. The van der Waals surface area contributed by atoms with E-state index in [2.05, 4.69) is 116 Å². The standard InChI is InChI=1S/C35H48NSSi.C15H28O2.Ir/c1-10-27(11-2)32-19-29(18-28-14-12-13-15-31(28)32)33-34-30(16-17-36-33)26(9)35(37-34)38(20-23(3)4,21-24(5)6)22-25(7)8;1-7-14(5,8-2)12(16)11-13(17)15(6,9-3)10-4;/h12-17,19,23-25,27H,10-11,20-22H2,1-9H3;11,16H,7-10H2,1-6H3;/q-1;;/b;12-11-;. The molecule has 0 aliphatic heterocycles. The van der Waals surface area contributed by atoms with E-state index in [1.54, 1.807) is 4.50 Å². The molecule has 0 aliphatic rings. The first-order chi connectivity index (χ1) is 25.9. The molecule has 2 aromatic heterocycles. The van der Waals surface area contributed by atoms with E-state index in [0.29, 0.717) is 5.92 Å². The molecule has 6 heteroatoms. The van der Waals surface area contributed by atoms with E-state index in [4.69, 9.17) is 4.98 Å². The van der Waals surface area contributed by atoms with Crippen LogP contribution in [-0.2, 0) is 24.9 Å². The van der Waals surface area contributed by atoms with E-state index in [1.807, 2.05) is 47.7 Å². The number of carbonyl (C=O) groups excluding carboxylic acids is 1. The summed E-state index contributed by atoms with van der Waals surface area (Å²) in [5, 5.41) is 14.1. The van der Waals surface area contributed by atoms with E-state index in [-0.39, 0.29) is 42.5 Å². The quantitative estimate of drug-likeness (QED) is 0.0468. The first-order valence-electron chi connectivity index (χ1n) is 21.7. The summed E-state index contributed by atoms with van der Waals surface area (Å²) < 4.78 is 3.11. The van der Waals surface area contributed by atoms with Crippen LogP contribution in [0.1, 0.15) is 153 Å². The van der Waals surface area contributed by atoms with E-state index in [0.717, 1.165) is 67.5 Å². The van der Waals surface area contributed by atoms with Crippen molar-refractivity contribution in [3.05, 3.63) is 71.6 Å². The molecule has 4 aromatic rings. The molecular weight excluding hydrogens is 899 g/mol. The van der Waals surface area contributed by atoms with Crippen LogP contribution < -0.4 is 4.50 Å². The Labute approximate surface area is 361 Å². The van der Waals surface area contributed by atoms with Gasteiger partial charge in [0.25, 0.3) is 0 Å². The van der Waals surface area contributed by atoms with Crippen LogP contribution >= 0.6 is 11.3 Å². The molecule has 0 saturated heterocycles. The number of aliphatic hydroxyl groups excluding tert-OH is 1. The number of hydrogen-bond acceptors (Lipinski definition) is 4. The number of benzene rings is 2. The van der Waals surface area contributed by atoms with Gasteiger partial charge < -0.3 is 5.11 Å². The van der Waals surface area contributed by atoms with Crippen LogP contribution in [-0.4, -0.2) is 23.9 Å². The van der Waals surface area contributed by atoms with Crippen LogP contribution in [0, 0.1) is 41.6 Å². The van der Waals surface area contributed by atoms with E-state index in [9.17, 15) is 9.90 Å². The Balaban J connectivity index is 0.000000511. The minimum atomic E-state index is -1.72. The van der Waals surface area contributed by atoms with Gasteiger partial charge in [-0.3, -0.25) is 9.78 Å². The number of aromatic nitrogens is 1. The fourth-order valence-electron chi connectivity index (χ4n) is 8.85. The number of rotatable bonds is 18. The van der Waals surface area contributed by atoms with Crippen molar-refractivity contribution in [2.75, 3.05) is 0 Å². The molecule has 0 aliphatic carbocycles. The van der Waals surface area contributed by atoms with Crippen LogP contribution in [0.3, 0.4) is 0 Å². The number of carbonyl (C=O) groups is 1. The Kier molecular flexibility index (Phi) is 19.4. The molecule has 0 saturated carbocycles. The van der Waals surface area contributed by atoms with Gasteiger partial charge in [-0.25, -0.2) is 0 Å². The molecule has 2 heterocycles. The van der Waals surface area contributed by atoms with Crippen molar-refractivity contribution in [1.82, 2.24) is 4.98 Å². The van der Waals surface area contributed by atoms with Crippen molar-refractivity contribution < 1.29 is 30.0 Å². The van der Waals surface area contributed by atoms with Gasteiger partial charge in [-0.15, -0.1) is 29.1 Å². The van der Waals surface area contributed by atoms with Gasteiger partial charge in [-0.1, -0.05) is 157 Å². The Hall–Kier alpha value is -2.11. The molecule has 1 radical (unpaired) electrons. The van der Waals surface area contributed by atoms with Crippen LogP contribution in [0.4, 0.5) is 0 Å². The number of pyridine rings is 1. The summed E-state index contributed by atoms with van der Waals surface area (Å²) in [6, 6.07) is 21.4. The van der Waals surface area contributed by atoms with Crippen molar-refractivity contribution in [2.24, 2.45) is 28.6 Å². The largest absolute Gasteiger partial charge is 0.512 e. The molecule has 2 aromatic carbocycles. The minimum Gasteiger partial charge on any atom is -0.512 e. The molecule has 0 spiro atoms. The predicted molar refractivity (Wildman–Crippen MR) is 247 cm³/mol. The number of hydrogen-bond donors (Lipinski definition) is 1. The maximum Gasteiger partial charge on any atom is 0.164 e. The predicted octanol–water partition coefficient (Wildman–Crippen LogP) is 15.4. The van der Waals surface area contributed by atoms with Gasteiger partial charge in [0.1, 0.15) is 13.8 Å². The zero-order chi connectivity index (χ0) is 41.3. The SMILES string of the molecule is CCC(C)(CC)C(=O)/C=C(\O)C(C)(CC)CC.CCC(CC)c1cc(-c2nccc3c(C)c([Si](CC(C)C)(CC(C)C)CC(C)C)sc23)[c-]c2ccccc12.[Ir]. The molecule has 56 heavy (non-hydrogen) atoms. The normalized spacial score (nSPS) is 12.9. The Bertz CT molecular complexity index is 1850. The van der Waals surface area contributed by atoms with Gasteiger partial charge in [0, 0.05) is 53.6 Å². The maximum absolute atomic E-state index is 12.2. The molecule has 0 atom stereocenters. The van der Waals surface area contributed by atoms with Crippen LogP contribution in [0.25, 0.3) is 32.1 Å². The molecule has 0 bridgehead atoms. The van der Waals surface area contributed by atoms with Crippen LogP contribution in [0.2, 0.25) is 18.1 Å². The number of aryl methyl sites for hydroxylation is 1. The van der Waals surface area contributed by atoms with Crippen molar-refractivity contribution in [2.45, 2.75) is 166 Å². The van der Waals surface area contributed by atoms with E-state index in [1.165, 1.54) is 56.2 Å². The molecule has 0 fully saturated rings. The topological polar surface area (TPSA) is 50.2 Å². The first kappa shape index (κ1) is 50.0. The molecule has 0 amide bonds. The number of fused-ring (bicyclic) bond motifs is 2. The third kappa shape index (κ3) is 11.5. The van der Waals surface area contributed by atoms with Crippen LogP contribution in [0.15, 0.2) is 54.4 Å². The smallest absolute Gasteiger partial charge is 0.164 e. The molecule has 4 rings (SSSR count). The molecule has 1 N–H and O–H groups in total. The summed E-state index contributed by atoms with van der Waals surface area (Å²) in [5.41, 5.74) is 4.67. The number of thiophene rings is 1. The second kappa shape index (κ2) is 21.8. The molecule has 3 nitrogen and oxygen atoms in total. The van der Waals surface area contributed by atoms with Gasteiger partial charge in [-0.05, 0) is 77.8 Å². The van der Waals surface area contributed by atoms with Crippen molar-refractivity contribution in [3.63, 3.8) is 0 Å². The summed E-state index contributed by atoms with van der Waals surface area (Å²) >= 11 is 2.09. The molecular formula is C50H76IrNO2SSi-. The molecule has 313 valence electrons. The Morgan fingerprint density at radius 1 is 0.821 bits per heavy atom. The average Bonchev–Trinajstić information content (AvgIpc) is 3.50. The van der Waals surface area contributed by atoms with Gasteiger partial charge in [0.05, 0.1) is 0 Å². The second-order valence-electron chi connectivity index (χ2n) is 18.3. The second-order valence-corrected chi connectivity index (χ2v) is 24.0. The van der Waals surface area contributed by atoms with Gasteiger partial charge >= 0.3 is 0 Å². The number of ketones is 1. The van der Waals surface area contributed by atoms with E-state index < -0.39 is 8.07 Å². The zero-order valence-electron chi connectivity index (χ0n) is 37.8. The average molecular weight is 976 g/mol. The summed E-state index contributed by atoms with van der Waals surface area (Å²) in [6.07, 6.45) is 9.09. The molecule has 0 unspecified atom stereocenters. The summed E-state index contributed by atoms with van der Waals surface area (Å²) in [6.45, 7) is 33.7. The van der Waals surface area contributed by atoms with E-state index >= 15 is 0 Å². The monoisotopic (exact) mass is 976 g/mol. The van der Waals surface area contributed by atoms with Gasteiger partial charge in [-0.2, -0.15) is 11.3 Å². The zero-order valence-corrected chi connectivity index (χ0v) is 42.0. The summed E-state index contributed by atoms with van der Waals surface area (Å²) in [7, 11) is -1.72. The summed E-state index contributed by atoms with van der Waals surface area (Å²) in [4.78, 5) is 17.2. The minimum absolute atomic E-state index is 0. The fraction of sp³-hybridized carbons (Fsp3) is 0.600. The Morgan fingerprint density at radius 2 is 1.34 bits per heavy atom. The Morgan fingerprint density at radius 3 is 1.82 bits per heavy atom.